The standard InChI is InChI=1S/C13H8N4S/c1-2-9(8-4-5-15-10(8)3-1)12-17-11-6-14-7-16-13(11)18-12/h1-7,15H. The monoisotopic (exact) mass is 252 g/mol. The summed E-state index contributed by atoms with van der Waals surface area (Å²) in [5.41, 5.74) is 3.11. The molecule has 86 valence electrons. The molecule has 0 aliphatic rings. The van der Waals surface area contributed by atoms with Crippen LogP contribution in [-0.2, 0) is 0 Å². The zero-order chi connectivity index (χ0) is 11.9. The molecule has 4 aromatic rings. The average molecular weight is 252 g/mol. The molecule has 18 heavy (non-hydrogen) atoms. The second-order valence-corrected chi connectivity index (χ2v) is 4.95. The van der Waals surface area contributed by atoms with Gasteiger partial charge in [0.05, 0.1) is 6.20 Å². The summed E-state index contributed by atoms with van der Waals surface area (Å²) in [7, 11) is 0. The second kappa shape index (κ2) is 3.61. The van der Waals surface area contributed by atoms with Crippen molar-refractivity contribution in [1.82, 2.24) is 19.9 Å². The van der Waals surface area contributed by atoms with E-state index in [2.05, 4.69) is 38.1 Å². The lowest BCUT2D eigenvalue weighted by molar-refractivity contribution is 1.22. The van der Waals surface area contributed by atoms with Crippen molar-refractivity contribution in [3.8, 4) is 10.6 Å². The van der Waals surface area contributed by atoms with Crippen LogP contribution in [0.15, 0.2) is 43.0 Å². The first kappa shape index (κ1) is 9.73. The van der Waals surface area contributed by atoms with Crippen LogP contribution in [-0.4, -0.2) is 19.9 Å². The predicted octanol–water partition coefficient (Wildman–Crippen LogP) is 3.23. The summed E-state index contributed by atoms with van der Waals surface area (Å²) in [5, 5.41) is 2.17. The van der Waals surface area contributed by atoms with E-state index in [9.17, 15) is 0 Å². The Balaban J connectivity index is 2.04. The molecule has 3 aromatic heterocycles. The van der Waals surface area contributed by atoms with Gasteiger partial charge in [-0.3, -0.25) is 0 Å². The predicted molar refractivity (Wildman–Crippen MR) is 72.5 cm³/mol. The number of nitrogens with zero attached hydrogens (tertiary/aromatic N) is 3. The molecule has 0 amide bonds. The van der Waals surface area contributed by atoms with E-state index in [1.807, 2.05) is 12.3 Å². The molecule has 0 fully saturated rings. The molecule has 0 unspecified atom stereocenters. The lowest BCUT2D eigenvalue weighted by Gasteiger charge is -1.97. The van der Waals surface area contributed by atoms with Crippen LogP contribution in [0.5, 0.6) is 0 Å². The Kier molecular flexibility index (Phi) is 1.95. The highest BCUT2D eigenvalue weighted by atomic mass is 32.1. The summed E-state index contributed by atoms with van der Waals surface area (Å²) >= 11 is 1.59. The normalized spacial score (nSPS) is 11.3. The Bertz CT molecular complexity index is 813. The number of hydrogen-bond donors (Lipinski definition) is 1. The Hall–Kier alpha value is -2.27. The van der Waals surface area contributed by atoms with E-state index in [-0.39, 0.29) is 0 Å². The van der Waals surface area contributed by atoms with E-state index < -0.39 is 0 Å². The van der Waals surface area contributed by atoms with Gasteiger partial charge in [-0.05, 0) is 12.1 Å². The summed E-state index contributed by atoms with van der Waals surface area (Å²) in [6, 6.07) is 8.25. The van der Waals surface area contributed by atoms with Crippen molar-refractivity contribution < 1.29 is 0 Å². The van der Waals surface area contributed by atoms with Crippen molar-refractivity contribution in [2.75, 3.05) is 0 Å². The van der Waals surface area contributed by atoms with Gasteiger partial charge in [-0.25, -0.2) is 15.0 Å². The summed E-state index contributed by atoms with van der Waals surface area (Å²) in [5.74, 6) is 0. The van der Waals surface area contributed by atoms with Crippen LogP contribution >= 0.6 is 11.3 Å². The van der Waals surface area contributed by atoms with Crippen LogP contribution in [0.25, 0.3) is 31.8 Å². The molecule has 0 radical (unpaired) electrons. The molecule has 0 bridgehead atoms. The maximum absolute atomic E-state index is 4.59. The minimum Gasteiger partial charge on any atom is -0.361 e. The number of benzene rings is 1. The number of fused-ring (bicyclic) bond motifs is 2. The maximum atomic E-state index is 4.59. The fraction of sp³-hybridized carbons (Fsp3) is 0. The van der Waals surface area contributed by atoms with Crippen LogP contribution in [0, 0.1) is 0 Å². The zero-order valence-corrected chi connectivity index (χ0v) is 10.1. The van der Waals surface area contributed by atoms with E-state index >= 15 is 0 Å². The van der Waals surface area contributed by atoms with Crippen molar-refractivity contribution >= 4 is 32.6 Å². The van der Waals surface area contributed by atoms with E-state index in [0.29, 0.717) is 0 Å². The second-order valence-electron chi connectivity index (χ2n) is 3.98. The van der Waals surface area contributed by atoms with Crippen molar-refractivity contribution in [3.63, 3.8) is 0 Å². The molecule has 0 spiro atoms. The third-order valence-corrected chi connectivity index (χ3v) is 3.91. The first-order valence-corrected chi connectivity index (χ1v) is 6.36. The molecule has 5 heteroatoms. The summed E-state index contributed by atoms with van der Waals surface area (Å²) in [6.07, 6.45) is 5.25. The largest absolute Gasteiger partial charge is 0.361 e. The van der Waals surface area contributed by atoms with Crippen LogP contribution in [0.3, 0.4) is 0 Å². The molecule has 0 atom stereocenters. The van der Waals surface area contributed by atoms with Gasteiger partial charge in [0, 0.05) is 22.7 Å². The van der Waals surface area contributed by atoms with Gasteiger partial charge in [-0.2, -0.15) is 0 Å². The first-order chi connectivity index (χ1) is 8.92. The van der Waals surface area contributed by atoms with Gasteiger partial charge in [0.1, 0.15) is 21.7 Å². The van der Waals surface area contributed by atoms with E-state index in [1.54, 1.807) is 23.9 Å². The van der Waals surface area contributed by atoms with Gasteiger partial charge in [0.2, 0.25) is 0 Å². The van der Waals surface area contributed by atoms with Crippen LogP contribution in [0.2, 0.25) is 0 Å². The van der Waals surface area contributed by atoms with Crippen molar-refractivity contribution in [1.29, 1.82) is 0 Å². The van der Waals surface area contributed by atoms with Gasteiger partial charge in [0.25, 0.3) is 0 Å². The molecular weight excluding hydrogens is 244 g/mol. The third-order valence-electron chi connectivity index (χ3n) is 2.90. The number of H-pyrrole nitrogens is 1. The maximum Gasteiger partial charge on any atom is 0.147 e. The van der Waals surface area contributed by atoms with Crippen molar-refractivity contribution in [2.24, 2.45) is 0 Å². The molecule has 3 heterocycles. The Morgan fingerprint density at radius 3 is 3.11 bits per heavy atom. The minimum absolute atomic E-state index is 0.852. The molecule has 4 nitrogen and oxygen atoms in total. The van der Waals surface area contributed by atoms with Crippen molar-refractivity contribution in [3.05, 3.63) is 43.0 Å². The highest BCUT2D eigenvalue weighted by Gasteiger charge is 2.10. The van der Waals surface area contributed by atoms with Crippen LogP contribution in [0.1, 0.15) is 0 Å². The SMILES string of the molecule is c1cc(-c2nc3cncnc3s2)c2cc[nH]c2c1. The lowest BCUT2D eigenvalue weighted by Crippen LogP contribution is -1.78. The number of aromatic amines is 1. The van der Waals surface area contributed by atoms with Gasteiger partial charge in [0.15, 0.2) is 0 Å². The quantitative estimate of drug-likeness (QED) is 0.566. The van der Waals surface area contributed by atoms with Gasteiger partial charge < -0.3 is 4.98 Å². The number of rotatable bonds is 1. The number of hydrogen-bond acceptors (Lipinski definition) is 4. The molecule has 4 rings (SSSR count). The lowest BCUT2D eigenvalue weighted by atomic mass is 10.1. The topological polar surface area (TPSA) is 54.5 Å². The van der Waals surface area contributed by atoms with Crippen LogP contribution in [0.4, 0.5) is 0 Å². The highest BCUT2D eigenvalue weighted by molar-refractivity contribution is 7.21. The van der Waals surface area contributed by atoms with Crippen LogP contribution < -0.4 is 0 Å². The average Bonchev–Trinajstić information content (AvgIpc) is 3.04. The Morgan fingerprint density at radius 1 is 1.17 bits per heavy atom. The summed E-state index contributed by atoms with van der Waals surface area (Å²) < 4.78 is 0. The smallest absolute Gasteiger partial charge is 0.147 e. The molecular formula is C13H8N4S. The van der Waals surface area contributed by atoms with Crippen molar-refractivity contribution in [2.45, 2.75) is 0 Å². The summed E-state index contributed by atoms with van der Waals surface area (Å²) in [6.45, 7) is 0. The molecule has 1 N–H and O–H groups in total. The number of thiazole rings is 1. The van der Waals surface area contributed by atoms with Gasteiger partial charge >= 0.3 is 0 Å². The molecule has 0 saturated heterocycles. The van der Waals surface area contributed by atoms with E-state index in [1.165, 1.54) is 5.39 Å². The molecule has 0 aliphatic heterocycles. The number of aromatic nitrogens is 4. The fourth-order valence-corrected chi connectivity index (χ4v) is 3.00. The first-order valence-electron chi connectivity index (χ1n) is 5.55. The van der Waals surface area contributed by atoms with Gasteiger partial charge in [-0.1, -0.05) is 23.5 Å². The van der Waals surface area contributed by atoms with E-state index in [0.717, 1.165) is 26.4 Å². The molecule has 0 saturated carbocycles. The summed E-state index contributed by atoms with van der Waals surface area (Å²) in [4.78, 5) is 17.0. The molecule has 1 aromatic carbocycles. The fourth-order valence-electron chi connectivity index (χ4n) is 2.08. The Labute approximate surface area is 106 Å². The van der Waals surface area contributed by atoms with Gasteiger partial charge in [-0.15, -0.1) is 0 Å². The Morgan fingerprint density at radius 2 is 2.17 bits per heavy atom. The zero-order valence-electron chi connectivity index (χ0n) is 9.29. The molecule has 0 aliphatic carbocycles. The number of nitrogens with one attached hydrogen (secondary N) is 1. The highest BCUT2D eigenvalue weighted by Crippen LogP contribution is 2.32. The minimum atomic E-state index is 0.852. The third kappa shape index (κ3) is 1.34. The van der Waals surface area contributed by atoms with E-state index in [4.69, 9.17) is 0 Å².